The van der Waals surface area contributed by atoms with Crippen LogP contribution < -0.4 is 5.56 Å². The monoisotopic (exact) mass is 444 g/mol. The summed E-state index contributed by atoms with van der Waals surface area (Å²) < 4.78 is 41.6. The number of aryl methyl sites for hydroxylation is 1. The Balaban J connectivity index is 1.95. The third kappa shape index (κ3) is 4.24. The fraction of sp³-hybridized carbons (Fsp3) is 0.286. The molecule has 0 aliphatic rings. The Morgan fingerprint density at radius 3 is 2.41 bits per heavy atom. The van der Waals surface area contributed by atoms with Crippen molar-refractivity contribution in [2.24, 2.45) is 7.05 Å². The summed E-state index contributed by atoms with van der Waals surface area (Å²) in [6.07, 6.45) is 0.782. The molecule has 0 unspecified atom stereocenters. The first-order valence-electron chi connectivity index (χ1n) is 9.57. The van der Waals surface area contributed by atoms with Gasteiger partial charge in [0.15, 0.2) is 0 Å². The Labute approximate surface area is 180 Å². The normalized spacial score (nSPS) is 12.5. The number of aromatic nitrogens is 6. The highest BCUT2D eigenvalue weighted by Crippen LogP contribution is 2.31. The second-order valence-corrected chi connectivity index (χ2v) is 8.07. The molecule has 4 heterocycles. The fourth-order valence-electron chi connectivity index (χ4n) is 3.29. The van der Waals surface area contributed by atoms with E-state index in [0.29, 0.717) is 16.8 Å². The van der Waals surface area contributed by atoms with Crippen molar-refractivity contribution >= 4 is 10.9 Å². The van der Waals surface area contributed by atoms with Crippen molar-refractivity contribution in [3.63, 3.8) is 0 Å². The van der Waals surface area contributed by atoms with E-state index in [2.05, 4.69) is 20.1 Å². The highest BCUT2D eigenvalue weighted by atomic mass is 19.4. The molecular formula is C21H19F3N6O2. The first kappa shape index (κ1) is 21.6. The van der Waals surface area contributed by atoms with Crippen molar-refractivity contribution in [1.82, 2.24) is 29.3 Å². The summed E-state index contributed by atoms with van der Waals surface area (Å²) in [6.45, 7) is 3.14. The summed E-state index contributed by atoms with van der Waals surface area (Å²) in [5.41, 5.74) is -0.839. The van der Waals surface area contributed by atoms with E-state index in [-0.39, 0.29) is 23.3 Å². The second kappa shape index (κ2) is 7.52. The van der Waals surface area contributed by atoms with Gasteiger partial charge in [0.1, 0.15) is 11.2 Å². The maximum atomic E-state index is 13.2. The molecule has 4 aromatic rings. The SMILES string of the molecule is Cn1cc(-c2nc(-c3ccc(C(F)(F)F)cn3)cc3c(=O)n(CC(C)(C)O)cnc23)cn1. The summed E-state index contributed by atoms with van der Waals surface area (Å²) in [6, 6.07) is 3.56. The molecule has 0 amide bonds. The van der Waals surface area contributed by atoms with Crippen molar-refractivity contribution < 1.29 is 18.3 Å². The van der Waals surface area contributed by atoms with Crippen molar-refractivity contribution in [3.05, 3.63) is 59.0 Å². The van der Waals surface area contributed by atoms with Crippen LogP contribution in [0.5, 0.6) is 0 Å². The molecule has 0 aliphatic heterocycles. The van der Waals surface area contributed by atoms with Gasteiger partial charge in [-0.1, -0.05) is 0 Å². The van der Waals surface area contributed by atoms with Gasteiger partial charge in [-0.25, -0.2) is 9.97 Å². The van der Waals surface area contributed by atoms with E-state index < -0.39 is 22.9 Å². The van der Waals surface area contributed by atoms with Crippen LogP contribution in [0.15, 0.2) is 47.9 Å². The van der Waals surface area contributed by atoms with E-state index in [1.165, 1.54) is 23.0 Å². The van der Waals surface area contributed by atoms with Gasteiger partial charge in [0.05, 0.1) is 47.0 Å². The van der Waals surface area contributed by atoms with Crippen LogP contribution in [0.3, 0.4) is 0 Å². The predicted molar refractivity (Wildman–Crippen MR) is 111 cm³/mol. The largest absolute Gasteiger partial charge is 0.417 e. The summed E-state index contributed by atoms with van der Waals surface area (Å²) in [4.78, 5) is 26.0. The molecule has 32 heavy (non-hydrogen) atoms. The zero-order chi connectivity index (χ0) is 23.3. The third-order valence-electron chi connectivity index (χ3n) is 4.70. The Morgan fingerprint density at radius 2 is 1.84 bits per heavy atom. The zero-order valence-corrected chi connectivity index (χ0v) is 17.4. The molecule has 0 spiro atoms. The quantitative estimate of drug-likeness (QED) is 0.520. The van der Waals surface area contributed by atoms with Gasteiger partial charge in [-0.15, -0.1) is 0 Å². The lowest BCUT2D eigenvalue weighted by molar-refractivity contribution is -0.137. The van der Waals surface area contributed by atoms with Crippen LogP contribution in [-0.2, 0) is 19.8 Å². The standard InChI is InChI=1S/C21H19F3N6O2/c1-20(2,32)10-30-11-26-18-14(19(30)31)6-16(28-17(18)12-7-27-29(3)9-12)15-5-4-13(8-25-15)21(22,23)24/h4-9,11,32H,10H2,1-3H3. The number of alkyl halides is 3. The van der Waals surface area contributed by atoms with Gasteiger partial charge in [-0.3, -0.25) is 19.0 Å². The molecule has 0 aliphatic carbocycles. The number of nitrogens with zero attached hydrogens (tertiary/aromatic N) is 6. The summed E-state index contributed by atoms with van der Waals surface area (Å²) >= 11 is 0. The number of hydrogen-bond donors (Lipinski definition) is 1. The minimum atomic E-state index is -4.52. The van der Waals surface area contributed by atoms with E-state index >= 15 is 0 Å². The Hall–Kier alpha value is -3.60. The smallest absolute Gasteiger partial charge is 0.389 e. The molecule has 4 rings (SSSR count). The molecule has 8 nitrogen and oxygen atoms in total. The van der Waals surface area contributed by atoms with Crippen LogP contribution in [0.25, 0.3) is 33.5 Å². The van der Waals surface area contributed by atoms with Gasteiger partial charge in [0, 0.05) is 25.0 Å². The van der Waals surface area contributed by atoms with Crippen molar-refractivity contribution in [1.29, 1.82) is 0 Å². The zero-order valence-electron chi connectivity index (χ0n) is 17.4. The lowest BCUT2D eigenvalue weighted by Crippen LogP contribution is -2.33. The third-order valence-corrected chi connectivity index (χ3v) is 4.70. The predicted octanol–water partition coefficient (Wildman–Crippen LogP) is 3.04. The number of rotatable bonds is 4. The molecule has 166 valence electrons. The van der Waals surface area contributed by atoms with Gasteiger partial charge in [0.2, 0.25) is 0 Å². The molecule has 4 aromatic heterocycles. The van der Waals surface area contributed by atoms with Crippen molar-refractivity contribution in [2.75, 3.05) is 0 Å². The minimum absolute atomic E-state index is 0.00713. The topological polar surface area (TPSA) is 98.7 Å². The number of pyridine rings is 2. The number of halogens is 3. The van der Waals surface area contributed by atoms with E-state index in [0.717, 1.165) is 12.3 Å². The van der Waals surface area contributed by atoms with E-state index in [9.17, 15) is 23.1 Å². The lowest BCUT2D eigenvalue weighted by atomic mass is 10.1. The van der Waals surface area contributed by atoms with Crippen LogP contribution in [0.4, 0.5) is 13.2 Å². The fourth-order valence-corrected chi connectivity index (χ4v) is 3.29. The second-order valence-electron chi connectivity index (χ2n) is 8.07. The van der Waals surface area contributed by atoms with Gasteiger partial charge < -0.3 is 5.11 Å². The summed E-state index contributed by atoms with van der Waals surface area (Å²) in [5, 5.41) is 14.4. The van der Waals surface area contributed by atoms with E-state index in [4.69, 9.17) is 0 Å². The van der Waals surface area contributed by atoms with Crippen LogP contribution in [0.1, 0.15) is 19.4 Å². The molecule has 1 N–H and O–H groups in total. The Bertz CT molecular complexity index is 1350. The van der Waals surface area contributed by atoms with Gasteiger partial charge >= 0.3 is 6.18 Å². The minimum Gasteiger partial charge on any atom is -0.389 e. The first-order chi connectivity index (χ1) is 14.9. The maximum Gasteiger partial charge on any atom is 0.417 e. The lowest BCUT2D eigenvalue weighted by Gasteiger charge is -2.18. The Morgan fingerprint density at radius 1 is 1.09 bits per heavy atom. The van der Waals surface area contributed by atoms with Crippen LogP contribution in [-0.4, -0.2) is 40.0 Å². The summed E-state index contributed by atoms with van der Waals surface area (Å²) in [5.74, 6) is 0. The molecular weight excluding hydrogens is 425 g/mol. The van der Waals surface area contributed by atoms with Gasteiger partial charge in [-0.05, 0) is 32.0 Å². The van der Waals surface area contributed by atoms with Crippen LogP contribution >= 0.6 is 0 Å². The van der Waals surface area contributed by atoms with Crippen LogP contribution in [0.2, 0.25) is 0 Å². The molecule has 0 fully saturated rings. The molecule has 0 aromatic carbocycles. The first-order valence-corrected chi connectivity index (χ1v) is 9.57. The van der Waals surface area contributed by atoms with Crippen LogP contribution in [0, 0.1) is 0 Å². The van der Waals surface area contributed by atoms with Crippen molar-refractivity contribution in [2.45, 2.75) is 32.2 Å². The molecule has 11 heteroatoms. The Kier molecular flexibility index (Phi) is 5.08. The molecule has 0 radical (unpaired) electrons. The van der Waals surface area contributed by atoms with Crippen molar-refractivity contribution in [3.8, 4) is 22.6 Å². The van der Waals surface area contributed by atoms with Gasteiger partial charge in [-0.2, -0.15) is 18.3 Å². The molecule has 0 saturated carbocycles. The molecule has 0 bridgehead atoms. The number of hydrogen-bond acceptors (Lipinski definition) is 6. The summed E-state index contributed by atoms with van der Waals surface area (Å²) in [7, 11) is 1.72. The van der Waals surface area contributed by atoms with Gasteiger partial charge in [0.25, 0.3) is 5.56 Å². The highest BCUT2D eigenvalue weighted by molar-refractivity contribution is 5.93. The molecule has 0 atom stereocenters. The maximum absolute atomic E-state index is 13.2. The molecule has 0 saturated heterocycles. The average Bonchev–Trinajstić information content (AvgIpc) is 3.14. The number of fused-ring (bicyclic) bond motifs is 1. The highest BCUT2D eigenvalue weighted by Gasteiger charge is 2.30. The van der Waals surface area contributed by atoms with E-state index in [1.54, 1.807) is 38.0 Å². The number of aliphatic hydroxyl groups is 1. The van der Waals surface area contributed by atoms with E-state index in [1.807, 2.05) is 0 Å². The average molecular weight is 444 g/mol.